The van der Waals surface area contributed by atoms with Crippen LogP contribution in [0.1, 0.15) is 67.2 Å². The van der Waals surface area contributed by atoms with E-state index < -0.39 is 0 Å². The minimum Gasteiger partial charge on any atom is -0.498 e. The molecule has 0 saturated heterocycles. The van der Waals surface area contributed by atoms with Gasteiger partial charge in [-0.1, -0.05) is 73.1 Å². The molecule has 0 heterocycles. The lowest BCUT2D eigenvalue weighted by atomic mass is 9.71. The molecule has 0 aliphatic carbocycles. The second kappa shape index (κ2) is 9.23. The molecule has 112 valence electrons. The number of allylic oxidation sites excluding steroid dienone is 2. The van der Waals surface area contributed by atoms with Gasteiger partial charge in [-0.25, -0.2) is 0 Å². The monoisotopic (exact) mass is 266 g/mol. The zero-order valence-corrected chi connectivity index (χ0v) is 14.0. The minimum atomic E-state index is 0.213. The highest BCUT2D eigenvalue weighted by atomic mass is 16.5. The molecule has 0 radical (unpaired) electrons. The summed E-state index contributed by atoms with van der Waals surface area (Å²) < 4.78 is 5.90. The van der Waals surface area contributed by atoms with E-state index in [-0.39, 0.29) is 5.41 Å². The van der Waals surface area contributed by atoms with Crippen molar-refractivity contribution in [2.75, 3.05) is 6.61 Å². The van der Waals surface area contributed by atoms with Crippen LogP contribution in [0.3, 0.4) is 0 Å². The molecular formula is C18H34O. The average molecular weight is 266 g/mol. The molecule has 1 nitrogen and oxygen atoms in total. The maximum absolute atomic E-state index is 5.90. The zero-order chi connectivity index (χ0) is 14.9. The third-order valence-corrected chi connectivity index (χ3v) is 3.57. The summed E-state index contributed by atoms with van der Waals surface area (Å²) in [6, 6.07) is 0. The van der Waals surface area contributed by atoms with Gasteiger partial charge in [0.2, 0.25) is 0 Å². The van der Waals surface area contributed by atoms with Crippen molar-refractivity contribution in [3.63, 3.8) is 0 Å². The predicted octanol–water partition coefficient (Wildman–Crippen LogP) is 5.97. The van der Waals surface area contributed by atoms with Crippen LogP contribution in [0, 0.1) is 17.3 Å². The molecule has 0 rings (SSSR count). The van der Waals surface area contributed by atoms with E-state index in [1.165, 1.54) is 12.8 Å². The summed E-state index contributed by atoms with van der Waals surface area (Å²) in [5.74, 6) is 2.03. The molecule has 0 aromatic carbocycles. The van der Waals surface area contributed by atoms with Crippen molar-refractivity contribution in [2.45, 2.75) is 67.2 Å². The van der Waals surface area contributed by atoms with E-state index in [1.807, 2.05) is 0 Å². The van der Waals surface area contributed by atoms with Gasteiger partial charge in [-0.05, 0) is 24.2 Å². The predicted molar refractivity (Wildman–Crippen MR) is 86.2 cm³/mol. The quantitative estimate of drug-likeness (QED) is 0.284. The van der Waals surface area contributed by atoms with E-state index in [1.54, 1.807) is 0 Å². The van der Waals surface area contributed by atoms with Crippen molar-refractivity contribution >= 4 is 0 Å². The average Bonchev–Trinajstić information content (AvgIpc) is 2.27. The molecule has 0 fully saturated rings. The van der Waals surface area contributed by atoms with E-state index in [0.717, 1.165) is 25.2 Å². The largest absolute Gasteiger partial charge is 0.498 e. The third-order valence-electron chi connectivity index (χ3n) is 3.57. The van der Waals surface area contributed by atoms with Gasteiger partial charge < -0.3 is 4.74 Å². The number of hydrogen-bond donors (Lipinski definition) is 0. The van der Waals surface area contributed by atoms with Crippen LogP contribution in [0.5, 0.6) is 0 Å². The first-order valence-corrected chi connectivity index (χ1v) is 7.81. The van der Waals surface area contributed by atoms with Crippen molar-refractivity contribution in [3.05, 3.63) is 24.5 Å². The van der Waals surface area contributed by atoms with Crippen molar-refractivity contribution in [3.8, 4) is 0 Å². The number of hydrogen-bond acceptors (Lipinski definition) is 1. The topological polar surface area (TPSA) is 9.23 Å². The lowest BCUT2D eigenvalue weighted by molar-refractivity contribution is 0.0944. The molecule has 0 aliphatic rings. The molecular weight excluding hydrogens is 232 g/mol. The van der Waals surface area contributed by atoms with Gasteiger partial charge in [0.15, 0.2) is 0 Å². The second-order valence-electron chi connectivity index (χ2n) is 6.59. The Balaban J connectivity index is 4.44. The van der Waals surface area contributed by atoms with Crippen molar-refractivity contribution < 1.29 is 4.74 Å². The summed E-state index contributed by atoms with van der Waals surface area (Å²) in [7, 11) is 0. The van der Waals surface area contributed by atoms with Crippen LogP contribution in [0.4, 0.5) is 0 Å². The summed E-state index contributed by atoms with van der Waals surface area (Å²) in [5, 5.41) is 0. The Morgan fingerprint density at radius 1 is 1.21 bits per heavy atom. The highest BCUT2D eigenvalue weighted by Gasteiger charge is 2.32. The van der Waals surface area contributed by atoms with Crippen LogP contribution in [0.15, 0.2) is 24.5 Å². The van der Waals surface area contributed by atoms with E-state index in [0.29, 0.717) is 11.8 Å². The summed E-state index contributed by atoms with van der Waals surface area (Å²) in [5.41, 5.74) is 0.213. The third kappa shape index (κ3) is 7.44. The Morgan fingerprint density at radius 3 is 2.32 bits per heavy atom. The van der Waals surface area contributed by atoms with Crippen LogP contribution in [0.2, 0.25) is 0 Å². The molecule has 0 bridgehead atoms. The smallest absolute Gasteiger partial charge is 0.0927 e. The van der Waals surface area contributed by atoms with Gasteiger partial charge in [-0.2, -0.15) is 0 Å². The lowest BCUT2D eigenvalue weighted by Crippen LogP contribution is -2.29. The van der Waals surface area contributed by atoms with E-state index in [2.05, 4.69) is 60.3 Å². The molecule has 0 N–H and O–H groups in total. The number of ether oxygens (including phenoxy) is 1. The molecule has 0 amide bonds. The molecule has 0 spiro atoms. The molecule has 2 unspecified atom stereocenters. The highest BCUT2D eigenvalue weighted by Crippen LogP contribution is 2.39. The van der Waals surface area contributed by atoms with Gasteiger partial charge >= 0.3 is 0 Å². The fourth-order valence-electron chi connectivity index (χ4n) is 2.91. The highest BCUT2D eigenvalue weighted by molar-refractivity contribution is 5.00. The Hall–Kier alpha value is -0.720. The summed E-state index contributed by atoms with van der Waals surface area (Å²) in [6.45, 7) is 18.5. The molecule has 0 saturated carbocycles. The maximum Gasteiger partial charge on any atom is 0.0927 e. The van der Waals surface area contributed by atoms with Crippen LogP contribution in [0.25, 0.3) is 0 Å². The first-order chi connectivity index (χ1) is 8.84. The van der Waals surface area contributed by atoms with Gasteiger partial charge in [-0.15, -0.1) is 0 Å². The van der Waals surface area contributed by atoms with Gasteiger partial charge in [0.05, 0.1) is 12.4 Å². The Bertz CT molecular complexity index is 270. The van der Waals surface area contributed by atoms with Crippen molar-refractivity contribution in [1.29, 1.82) is 0 Å². The molecule has 19 heavy (non-hydrogen) atoms. The Morgan fingerprint density at radius 2 is 1.84 bits per heavy atom. The van der Waals surface area contributed by atoms with Gasteiger partial charge in [0, 0.05) is 5.92 Å². The molecule has 0 aliphatic heterocycles. The molecule has 2 atom stereocenters. The molecule has 0 aromatic rings. The normalized spacial score (nSPS) is 15.5. The fourth-order valence-corrected chi connectivity index (χ4v) is 2.91. The summed E-state index contributed by atoms with van der Waals surface area (Å²) >= 11 is 0. The number of rotatable bonds is 9. The SMILES string of the molecule is C=C(OCCC=CCC)C(C(C)CCC)C(C)(C)C. The second-order valence-corrected chi connectivity index (χ2v) is 6.59. The zero-order valence-electron chi connectivity index (χ0n) is 14.0. The Kier molecular flexibility index (Phi) is 8.88. The van der Waals surface area contributed by atoms with E-state index in [4.69, 9.17) is 4.74 Å². The first-order valence-electron chi connectivity index (χ1n) is 7.81. The van der Waals surface area contributed by atoms with E-state index in [9.17, 15) is 0 Å². The van der Waals surface area contributed by atoms with E-state index >= 15 is 0 Å². The minimum absolute atomic E-state index is 0.213. The lowest BCUT2D eigenvalue weighted by Gasteiger charge is -2.36. The van der Waals surface area contributed by atoms with Crippen LogP contribution in [-0.4, -0.2) is 6.61 Å². The van der Waals surface area contributed by atoms with Crippen LogP contribution >= 0.6 is 0 Å². The van der Waals surface area contributed by atoms with Crippen LogP contribution < -0.4 is 0 Å². The Labute approximate surface area is 121 Å². The van der Waals surface area contributed by atoms with Gasteiger partial charge in [0.25, 0.3) is 0 Å². The molecule has 1 heteroatoms. The standard InChI is InChI=1S/C18H34O/c1-8-10-11-12-14-19-16(4)17(18(5,6)7)15(3)13-9-2/h10-11,15,17H,4,8-9,12-14H2,1-3,5-7H3. The van der Waals surface area contributed by atoms with Gasteiger partial charge in [0.1, 0.15) is 0 Å². The van der Waals surface area contributed by atoms with Gasteiger partial charge in [-0.3, -0.25) is 0 Å². The maximum atomic E-state index is 5.90. The van der Waals surface area contributed by atoms with Crippen molar-refractivity contribution in [2.24, 2.45) is 17.3 Å². The molecule has 0 aromatic heterocycles. The summed E-state index contributed by atoms with van der Waals surface area (Å²) in [4.78, 5) is 0. The fraction of sp³-hybridized carbons (Fsp3) is 0.778. The first kappa shape index (κ1) is 18.3. The summed E-state index contributed by atoms with van der Waals surface area (Å²) in [6.07, 6.45) is 8.91. The van der Waals surface area contributed by atoms with Crippen LogP contribution in [-0.2, 0) is 4.74 Å². The van der Waals surface area contributed by atoms with Crippen molar-refractivity contribution in [1.82, 2.24) is 0 Å².